The SMILES string of the molecule is N#COc1cccc(Cc2ccccc2)c1. The molecular formula is C14H11NO. The van der Waals surface area contributed by atoms with Gasteiger partial charge in [-0.3, -0.25) is 0 Å². The summed E-state index contributed by atoms with van der Waals surface area (Å²) in [7, 11) is 0. The molecule has 0 bridgehead atoms. The molecule has 0 unspecified atom stereocenters. The van der Waals surface area contributed by atoms with Gasteiger partial charge in [0.15, 0.2) is 0 Å². The summed E-state index contributed by atoms with van der Waals surface area (Å²) < 4.78 is 4.79. The third-order valence-corrected chi connectivity index (χ3v) is 2.31. The van der Waals surface area contributed by atoms with Crippen LogP contribution in [0.5, 0.6) is 5.75 Å². The summed E-state index contributed by atoms with van der Waals surface area (Å²) in [5, 5.41) is 8.43. The van der Waals surface area contributed by atoms with Gasteiger partial charge in [-0.15, -0.1) is 5.26 Å². The van der Waals surface area contributed by atoms with Crippen LogP contribution in [0.1, 0.15) is 11.1 Å². The molecule has 2 aromatic carbocycles. The lowest BCUT2D eigenvalue weighted by Gasteiger charge is -2.03. The van der Waals surface area contributed by atoms with E-state index in [0.29, 0.717) is 5.75 Å². The largest absolute Gasteiger partial charge is 0.388 e. The predicted molar refractivity (Wildman–Crippen MR) is 61.9 cm³/mol. The van der Waals surface area contributed by atoms with Crippen LogP contribution in [-0.2, 0) is 6.42 Å². The summed E-state index contributed by atoms with van der Waals surface area (Å²) >= 11 is 0. The number of ether oxygens (including phenoxy) is 1. The molecule has 16 heavy (non-hydrogen) atoms. The second-order valence-corrected chi connectivity index (χ2v) is 3.50. The Morgan fingerprint density at radius 3 is 2.44 bits per heavy atom. The molecule has 0 atom stereocenters. The van der Waals surface area contributed by atoms with E-state index in [9.17, 15) is 0 Å². The molecule has 0 aromatic heterocycles. The molecule has 0 N–H and O–H groups in total. The molecule has 0 radical (unpaired) electrons. The van der Waals surface area contributed by atoms with Crippen LogP contribution in [0.2, 0.25) is 0 Å². The minimum absolute atomic E-state index is 0.593. The molecule has 2 nitrogen and oxygen atoms in total. The maximum atomic E-state index is 8.43. The summed E-state index contributed by atoms with van der Waals surface area (Å²) in [6, 6.07) is 17.8. The highest BCUT2D eigenvalue weighted by Crippen LogP contribution is 2.16. The van der Waals surface area contributed by atoms with E-state index < -0.39 is 0 Å². The Labute approximate surface area is 94.7 Å². The number of benzene rings is 2. The number of hydrogen-bond donors (Lipinski definition) is 0. The van der Waals surface area contributed by atoms with Gasteiger partial charge in [0.05, 0.1) is 0 Å². The minimum Gasteiger partial charge on any atom is -0.388 e. The fraction of sp³-hybridized carbons (Fsp3) is 0.0714. The van der Waals surface area contributed by atoms with Crippen molar-refractivity contribution in [2.75, 3.05) is 0 Å². The van der Waals surface area contributed by atoms with Crippen molar-refractivity contribution in [1.29, 1.82) is 5.26 Å². The molecule has 0 spiro atoms. The molecule has 2 rings (SSSR count). The lowest BCUT2D eigenvalue weighted by molar-refractivity contribution is 0.506. The summed E-state index contributed by atoms with van der Waals surface area (Å²) in [5.41, 5.74) is 2.38. The second-order valence-electron chi connectivity index (χ2n) is 3.50. The van der Waals surface area contributed by atoms with Crippen LogP contribution in [-0.4, -0.2) is 0 Å². The van der Waals surface area contributed by atoms with Crippen molar-refractivity contribution < 1.29 is 4.74 Å². The van der Waals surface area contributed by atoms with Gasteiger partial charge in [0.2, 0.25) is 0 Å². The van der Waals surface area contributed by atoms with E-state index in [1.54, 1.807) is 12.3 Å². The third-order valence-electron chi connectivity index (χ3n) is 2.31. The van der Waals surface area contributed by atoms with Crippen LogP contribution in [0.4, 0.5) is 0 Å². The number of rotatable bonds is 3. The van der Waals surface area contributed by atoms with Crippen molar-refractivity contribution in [3.63, 3.8) is 0 Å². The van der Waals surface area contributed by atoms with E-state index in [-0.39, 0.29) is 0 Å². The molecule has 0 aliphatic rings. The zero-order chi connectivity index (χ0) is 11.2. The minimum atomic E-state index is 0.593. The van der Waals surface area contributed by atoms with Crippen molar-refractivity contribution in [3.8, 4) is 12.0 Å². The van der Waals surface area contributed by atoms with E-state index in [2.05, 4.69) is 12.1 Å². The number of hydrogen-bond acceptors (Lipinski definition) is 2. The summed E-state index contributed by atoms with van der Waals surface area (Å²) in [5.74, 6) is 0.593. The first-order valence-corrected chi connectivity index (χ1v) is 5.07. The van der Waals surface area contributed by atoms with Gasteiger partial charge < -0.3 is 4.74 Å². The predicted octanol–water partition coefficient (Wildman–Crippen LogP) is 3.14. The Bertz CT molecular complexity index is 500. The molecule has 0 amide bonds. The zero-order valence-electron chi connectivity index (χ0n) is 8.76. The second kappa shape index (κ2) is 4.99. The Kier molecular flexibility index (Phi) is 3.20. The van der Waals surface area contributed by atoms with Gasteiger partial charge >= 0.3 is 0 Å². The van der Waals surface area contributed by atoms with Crippen molar-refractivity contribution in [2.24, 2.45) is 0 Å². The van der Waals surface area contributed by atoms with Crippen molar-refractivity contribution in [1.82, 2.24) is 0 Å². The Balaban J connectivity index is 2.16. The maximum Gasteiger partial charge on any atom is 0.292 e. The third kappa shape index (κ3) is 2.61. The first kappa shape index (κ1) is 10.3. The fourth-order valence-electron chi connectivity index (χ4n) is 1.60. The van der Waals surface area contributed by atoms with E-state index in [1.807, 2.05) is 36.4 Å². The number of nitriles is 1. The van der Waals surface area contributed by atoms with Gasteiger partial charge in [0, 0.05) is 0 Å². The van der Waals surface area contributed by atoms with E-state index in [1.165, 1.54) is 5.56 Å². The zero-order valence-corrected chi connectivity index (χ0v) is 8.76. The topological polar surface area (TPSA) is 33.0 Å². The molecule has 0 saturated heterocycles. The van der Waals surface area contributed by atoms with Crippen molar-refractivity contribution in [2.45, 2.75) is 6.42 Å². The lowest BCUT2D eigenvalue weighted by atomic mass is 10.1. The van der Waals surface area contributed by atoms with Crippen LogP contribution >= 0.6 is 0 Å². The van der Waals surface area contributed by atoms with Crippen LogP contribution < -0.4 is 4.74 Å². The Hall–Kier alpha value is -2.27. The van der Waals surface area contributed by atoms with Crippen molar-refractivity contribution >= 4 is 0 Å². The van der Waals surface area contributed by atoms with Gasteiger partial charge in [-0.1, -0.05) is 42.5 Å². The van der Waals surface area contributed by atoms with Crippen LogP contribution in [0.3, 0.4) is 0 Å². The highest BCUT2D eigenvalue weighted by Gasteiger charge is 1.98. The van der Waals surface area contributed by atoms with Crippen molar-refractivity contribution in [3.05, 3.63) is 65.7 Å². The molecular weight excluding hydrogens is 198 g/mol. The van der Waals surface area contributed by atoms with Gasteiger partial charge in [-0.2, -0.15) is 0 Å². The maximum absolute atomic E-state index is 8.43. The molecule has 2 aromatic rings. The van der Waals surface area contributed by atoms with Gasteiger partial charge in [-0.25, -0.2) is 0 Å². The van der Waals surface area contributed by atoms with Gasteiger partial charge in [0.1, 0.15) is 5.75 Å². The summed E-state index contributed by atoms with van der Waals surface area (Å²) in [4.78, 5) is 0. The molecule has 2 heteroatoms. The average molecular weight is 209 g/mol. The summed E-state index contributed by atoms with van der Waals surface area (Å²) in [6.45, 7) is 0. The molecule has 0 aliphatic carbocycles. The first-order chi connectivity index (χ1) is 7.88. The number of nitrogens with zero attached hydrogens (tertiary/aromatic N) is 1. The van der Waals surface area contributed by atoms with Gasteiger partial charge in [-0.05, 0) is 29.7 Å². The molecule has 0 fully saturated rings. The molecule has 78 valence electrons. The van der Waals surface area contributed by atoms with Crippen LogP contribution in [0.25, 0.3) is 0 Å². The average Bonchev–Trinajstić information content (AvgIpc) is 2.31. The van der Waals surface area contributed by atoms with E-state index >= 15 is 0 Å². The Morgan fingerprint density at radius 2 is 1.69 bits per heavy atom. The van der Waals surface area contributed by atoms with Gasteiger partial charge in [0.25, 0.3) is 6.26 Å². The Morgan fingerprint density at radius 1 is 0.938 bits per heavy atom. The lowest BCUT2D eigenvalue weighted by Crippen LogP contribution is -1.89. The monoisotopic (exact) mass is 209 g/mol. The molecule has 0 heterocycles. The van der Waals surface area contributed by atoms with Crippen LogP contribution in [0.15, 0.2) is 54.6 Å². The molecule has 0 saturated carbocycles. The van der Waals surface area contributed by atoms with E-state index in [0.717, 1.165) is 12.0 Å². The van der Waals surface area contributed by atoms with Crippen LogP contribution in [0, 0.1) is 11.5 Å². The standard InChI is InChI=1S/C14H11NO/c15-11-16-14-8-4-7-13(10-14)9-12-5-2-1-3-6-12/h1-8,10H,9H2. The fourth-order valence-corrected chi connectivity index (χ4v) is 1.60. The first-order valence-electron chi connectivity index (χ1n) is 5.07. The summed E-state index contributed by atoms with van der Waals surface area (Å²) in [6.07, 6.45) is 2.53. The van der Waals surface area contributed by atoms with E-state index in [4.69, 9.17) is 10.00 Å². The smallest absolute Gasteiger partial charge is 0.292 e. The quantitative estimate of drug-likeness (QED) is 0.727. The molecule has 0 aliphatic heterocycles. The normalized spacial score (nSPS) is 9.44. The highest BCUT2D eigenvalue weighted by molar-refractivity contribution is 5.33. The highest BCUT2D eigenvalue weighted by atomic mass is 16.5.